The summed E-state index contributed by atoms with van der Waals surface area (Å²) in [6, 6.07) is 2.37. The van der Waals surface area contributed by atoms with Crippen molar-refractivity contribution >= 4 is 11.8 Å². The number of ether oxygens (including phenoxy) is 1. The third-order valence-corrected chi connectivity index (χ3v) is 2.82. The van der Waals surface area contributed by atoms with Crippen LogP contribution in [-0.2, 0) is 4.74 Å². The molecule has 0 spiro atoms. The summed E-state index contributed by atoms with van der Waals surface area (Å²) in [7, 11) is 3.54. The van der Waals surface area contributed by atoms with E-state index in [0.717, 1.165) is 18.8 Å². The van der Waals surface area contributed by atoms with E-state index in [-0.39, 0.29) is 0 Å². The molecule has 0 fully saturated rings. The van der Waals surface area contributed by atoms with Crippen LogP contribution in [0.3, 0.4) is 0 Å². The van der Waals surface area contributed by atoms with Crippen molar-refractivity contribution in [1.82, 2.24) is 9.97 Å². The van der Waals surface area contributed by atoms with Gasteiger partial charge in [-0.25, -0.2) is 4.98 Å². The molecule has 5 nitrogen and oxygen atoms in total. The van der Waals surface area contributed by atoms with Crippen molar-refractivity contribution in [3.63, 3.8) is 0 Å². The van der Waals surface area contributed by atoms with Gasteiger partial charge in [0.05, 0.1) is 6.61 Å². The van der Waals surface area contributed by atoms with Gasteiger partial charge in [0.1, 0.15) is 5.82 Å². The van der Waals surface area contributed by atoms with E-state index in [0.29, 0.717) is 18.6 Å². The summed E-state index contributed by atoms with van der Waals surface area (Å²) in [5, 5.41) is 2.96. The molecule has 1 N–H and O–H groups in total. The van der Waals surface area contributed by atoms with Crippen LogP contribution in [0.4, 0.5) is 11.8 Å². The summed E-state index contributed by atoms with van der Waals surface area (Å²) >= 11 is 0. The molecular formula is C12H22N4O. The Hall–Kier alpha value is -1.36. The smallest absolute Gasteiger partial charge is 0.224 e. The monoisotopic (exact) mass is 238 g/mol. The van der Waals surface area contributed by atoms with Crippen LogP contribution in [-0.4, -0.2) is 43.3 Å². The minimum Gasteiger partial charge on any atom is -0.383 e. The predicted molar refractivity (Wildman–Crippen MR) is 70.6 cm³/mol. The van der Waals surface area contributed by atoms with E-state index in [1.165, 1.54) is 0 Å². The molecule has 0 amide bonds. The number of nitrogens with one attached hydrogen (secondary N) is 1. The Bertz CT molecular complexity index is 332. The minimum atomic E-state index is 0.435. The van der Waals surface area contributed by atoms with Crippen molar-refractivity contribution in [2.24, 2.45) is 0 Å². The largest absolute Gasteiger partial charge is 0.383 e. The number of hydrogen-bond acceptors (Lipinski definition) is 5. The maximum absolute atomic E-state index is 5.14. The maximum Gasteiger partial charge on any atom is 0.224 e. The van der Waals surface area contributed by atoms with E-state index in [1.54, 1.807) is 13.3 Å². The quantitative estimate of drug-likeness (QED) is 0.784. The Labute approximate surface area is 103 Å². The van der Waals surface area contributed by atoms with Crippen LogP contribution in [0.5, 0.6) is 0 Å². The van der Waals surface area contributed by atoms with Crippen LogP contribution in [0.1, 0.15) is 20.3 Å². The molecule has 1 aromatic rings. The highest BCUT2D eigenvalue weighted by Crippen LogP contribution is 2.16. The standard InChI is InChI=1S/C12H22N4O/c1-5-10(2)16(8-9-17-4)11-6-7-14-12(13-3)15-11/h6-7,10H,5,8-9H2,1-4H3,(H,13,14,15). The molecule has 1 unspecified atom stereocenters. The molecule has 0 aliphatic heterocycles. The molecule has 0 bridgehead atoms. The zero-order valence-corrected chi connectivity index (χ0v) is 11.1. The Morgan fingerprint density at radius 3 is 2.88 bits per heavy atom. The number of anilines is 2. The first-order chi connectivity index (χ1) is 8.22. The Balaban J connectivity index is 2.86. The molecule has 0 saturated carbocycles. The van der Waals surface area contributed by atoms with E-state index < -0.39 is 0 Å². The van der Waals surface area contributed by atoms with E-state index in [1.807, 2.05) is 13.1 Å². The van der Waals surface area contributed by atoms with E-state index in [4.69, 9.17) is 4.74 Å². The second kappa shape index (κ2) is 7.06. The van der Waals surface area contributed by atoms with E-state index in [9.17, 15) is 0 Å². The van der Waals surface area contributed by atoms with Gasteiger partial charge < -0.3 is 15.0 Å². The molecule has 17 heavy (non-hydrogen) atoms. The highest BCUT2D eigenvalue weighted by atomic mass is 16.5. The van der Waals surface area contributed by atoms with Gasteiger partial charge in [-0.15, -0.1) is 0 Å². The summed E-state index contributed by atoms with van der Waals surface area (Å²) < 4.78 is 5.14. The molecule has 0 radical (unpaired) electrons. The first kappa shape index (κ1) is 13.7. The van der Waals surface area contributed by atoms with Crippen molar-refractivity contribution in [3.05, 3.63) is 12.3 Å². The lowest BCUT2D eigenvalue weighted by molar-refractivity contribution is 0.203. The van der Waals surface area contributed by atoms with Gasteiger partial charge in [-0.3, -0.25) is 0 Å². The summed E-state index contributed by atoms with van der Waals surface area (Å²) in [4.78, 5) is 10.8. The first-order valence-electron chi connectivity index (χ1n) is 5.99. The first-order valence-corrected chi connectivity index (χ1v) is 5.99. The number of aromatic nitrogens is 2. The number of methoxy groups -OCH3 is 1. The SMILES string of the molecule is CCC(C)N(CCOC)c1ccnc(NC)n1. The van der Waals surface area contributed by atoms with Gasteiger partial charge in [0.15, 0.2) is 0 Å². The van der Waals surface area contributed by atoms with Gasteiger partial charge in [-0.1, -0.05) is 6.92 Å². The third-order valence-electron chi connectivity index (χ3n) is 2.82. The van der Waals surface area contributed by atoms with Crippen LogP contribution in [0, 0.1) is 0 Å². The molecule has 96 valence electrons. The molecule has 1 atom stereocenters. The Morgan fingerprint density at radius 1 is 1.53 bits per heavy atom. The fourth-order valence-corrected chi connectivity index (χ4v) is 1.60. The number of hydrogen-bond donors (Lipinski definition) is 1. The molecule has 1 heterocycles. The van der Waals surface area contributed by atoms with Gasteiger partial charge in [-0.05, 0) is 19.4 Å². The van der Waals surface area contributed by atoms with Crippen LogP contribution in [0.15, 0.2) is 12.3 Å². The molecule has 5 heteroatoms. The molecule has 0 aromatic carbocycles. The van der Waals surface area contributed by atoms with Crippen LogP contribution in [0.25, 0.3) is 0 Å². The van der Waals surface area contributed by atoms with Crippen LogP contribution in [0.2, 0.25) is 0 Å². The lowest BCUT2D eigenvalue weighted by Crippen LogP contribution is -2.36. The van der Waals surface area contributed by atoms with Crippen molar-refractivity contribution in [2.45, 2.75) is 26.3 Å². The minimum absolute atomic E-state index is 0.435. The number of rotatable bonds is 7. The zero-order chi connectivity index (χ0) is 12.7. The topological polar surface area (TPSA) is 50.3 Å². The van der Waals surface area contributed by atoms with Gasteiger partial charge in [0, 0.05) is 32.9 Å². The molecule has 1 aromatic heterocycles. The fraction of sp³-hybridized carbons (Fsp3) is 0.667. The molecule has 0 saturated heterocycles. The van der Waals surface area contributed by atoms with Crippen LogP contribution < -0.4 is 10.2 Å². The summed E-state index contributed by atoms with van der Waals surface area (Å²) in [5.74, 6) is 1.59. The lowest BCUT2D eigenvalue weighted by Gasteiger charge is -2.29. The van der Waals surface area contributed by atoms with Gasteiger partial charge in [0.25, 0.3) is 0 Å². The average Bonchev–Trinajstić information content (AvgIpc) is 2.39. The highest BCUT2D eigenvalue weighted by Gasteiger charge is 2.14. The van der Waals surface area contributed by atoms with Gasteiger partial charge >= 0.3 is 0 Å². The molecule has 1 rings (SSSR count). The van der Waals surface area contributed by atoms with Gasteiger partial charge in [0.2, 0.25) is 5.95 Å². The molecule has 0 aliphatic carbocycles. The van der Waals surface area contributed by atoms with Gasteiger partial charge in [-0.2, -0.15) is 4.98 Å². The summed E-state index contributed by atoms with van der Waals surface area (Å²) in [6.07, 6.45) is 2.85. The normalized spacial score (nSPS) is 12.2. The lowest BCUT2D eigenvalue weighted by atomic mass is 10.2. The maximum atomic E-state index is 5.14. The number of nitrogens with zero attached hydrogens (tertiary/aromatic N) is 3. The van der Waals surface area contributed by atoms with Crippen molar-refractivity contribution in [3.8, 4) is 0 Å². The van der Waals surface area contributed by atoms with E-state index in [2.05, 4.69) is 34.0 Å². The summed E-state index contributed by atoms with van der Waals surface area (Å²) in [6.45, 7) is 5.90. The zero-order valence-electron chi connectivity index (χ0n) is 11.1. The highest BCUT2D eigenvalue weighted by molar-refractivity contribution is 5.43. The second-order valence-electron chi connectivity index (χ2n) is 3.93. The second-order valence-corrected chi connectivity index (χ2v) is 3.93. The third kappa shape index (κ3) is 3.85. The van der Waals surface area contributed by atoms with Crippen molar-refractivity contribution in [1.29, 1.82) is 0 Å². The van der Waals surface area contributed by atoms with Crippen molar-refractivity contribution < 1.29 is 4.74 Å². The van der Waals surface area contributed by atoms with E-state index >= 15 is 0 Å². The Morgan fingerprint density at radius 2 is 2.29 bits per heavy atom. The average molecular weight is 238 g/mol. The fourth-order valence-electron chi connectivity index (χ4n) is 1.60. The Kier molecular flexibility index (Phi) is 5.69. The molecule has 0 aliphatic rings. The summed E-state index contributed by atoms with van der Waals surface area (Å²) in [5.41, 5.74) is 0. The predicted octanol–water partition coefficient (Wildman–Crippen LogP) is 1.77. The molecular weight excluding hydrogens is 216 g/mol. The van der Waals surface area contributed by atoms with Crippen LogP contribution >= 0.6 is 0 Å². The van der Waals surface area contributed by atoms with Crippen molar-refractivity contribution in [2.75, 3.05) is 37.5 Å².